The average molecular weight is 652 g/mol. The van der Waals surface area contributed by atoms with Crippen LogP contribution in [0.25, 0.3) is 0 Å². The molecular formula is C34H41N3O6S2. The third-order valence-electron chi connectivity index (χ3n) is 10.5. The second kappa shape index (κ2) is 11.7. The van der Waals surface area contributed by atoms with Gasteiger partial charge in [0, 0.05) is 19.0 Å². The molecule has 45 heavy (non-hydrogen) atoms. The number of carbonyl (C=O) groups excluding carboxylic acids is 2. The van der Waals surface area contributed by atoms with Crippen molar-refractivity contribution in [3.8, 4) is 17.2 Å². The zero-order chi connectivity index (χ0) is 32.1. The second-order valence-corrected chi connectivity index (χ2v) is 14.2. The Morgan fingerprint density at radius 3 is 2.49 bits per heavy atom. The van der Waals surface area contributed by atoms with Gasteiger partial charge >= 0.3 is 0 Å². The largest absolute Gasteiger partial charge is 0.497 e. The lowest BCUT2D eigenvalue weighted by Crippen LogP contribution is -2.65. The van der Waals surface area contributed by atoms with Gasteiger partial charge in [-0.15, -0.1) is 0 Å². The normalized spacial score (nSPS) is 26.4. The van der Waals surface area contributed by atoms with Crippen LogP contribution in [-0.2, 0) is 26.3 Å². The molecule has 240 valence electrons. The van der Waals surface area contributed by atoms with Crippen LogP contribution in [0, 0.1) is 11.3 Å². The van der Waals surface area contributed by atoms with Crippen LogP contribution in [0.4, 0.5) is 5.69 Å². The monoisotopic (exact) mass is 651 g/mol. The first-order valence-corrected chi connectivity index (χ1v) is 16.9. The maximum atomic E-state index is 15.3. The molecule has 1 saturated carbocycles. The Morgan fingerprint density at radius 2 is 1.82 bits per heavy atom. The van der Waals surface area contributed by atoms with Crippen molar-refractivity contribution < 1.29 is 28.5 Å². The Morgan fingerprint density at radius 1 is 1.07 bits per heavy atom. The van der Waals surface area contributed by atoms with Crippen LogP contribution in [-0.4, -0.2) is 73.9 Å². The van der Waals surface area contributed by atoms with E-state index in [2.05, 4.69) is 24.1 Å². The minimum absolute atomic E-state index is 0.0339. The highest BCUT2D eigenvalue weighted by molar-refractivity contribution is 8.22. The van der Waals surface area contributed by atoms with E-state index in [9.17, 15) is 4.79 Å². The van der Waals surface area contributed by atoms with Gasteiger partial charge in [-0.2, -0.15) is 0 Å². The molecule has 2 aromatic carbocycles. The molecule has 0 unspecified atom stereocenters. The summed E-state index contributed by atoms with van der Waals surface area (Å²) in [5.74, 6) is 1.43. The highest BCUT2D eigenvalue weighted by Gasteiger charge is 2.74. The van der Waals surface area contributed by atoms with Crippen LogP contribution in [0.15, 0.2) is 48.2 Å². The summed E-state index contributed by atoms with van der Waals surface area (Å²) in [5, 5.41) is 3.45. The van der Waals surface area contributed by atoms with Crippen LogP contribution < -0.4 is 24.4 Å². The molecule has 9 nitrogen and oxygen atoms in total. The quantitative estimate of drug-likeness (QED) is 0.413. The number of amides is 2. The summed E-state index contributed by atoms with van der Waals surface area (Å²) in [5.41, 5.74) is 0.797. The lowest BCUT2D eigenvalue weighted by Gasteiger charge is -2.48. The number of hydrogen-bond acceptors (Lipinski definition) is 9. The van der Waals surface area contributed by atoms with Crippen LogP contribution in [0.2, 0.25) is 0 Å². The summed E-state index contributed by atoms with van der Waals surface area (Å²) in [7, 11) is 4.83. The topological polar surface area (TPSA) is 89.6 Å². The van der Waals surface area contributed by atoms with Gasteiger partial charge in [-0.3, -0.25) is 9.59 Å². The third kappa shape index (κ3) is 4.76. The first kappa shape index (κ1) is 31.5. The van der Waals surface area contributed by atoms with E-state index in [1.54, 1.807) is 21.3 Å². The molecule has 4 aliphatic rings. The SMILES string of the molecule is COc1ccc(CN2C(=O)[C@@]3(C[C@@]4(CN5CCCC=C5C(=O)N4)[C@@H](COC(=S)SC)C3(C)C)c3ccc(OC)c(OC)c32)cc1. The van der Waals surface area contributed by atoms with E-state index in [-0.39, 0.29) is 24.3 Å². The van der Waals surface area contributed by atoms with Gasteiger partial charge in [0.25, 0.3) is 5.91 Å². The van der Waals surface area contributed by atoms with Crippen molar-refractivity contribution in [1.82, 2.24) is 10.2 Å². The van der Waals surface area contributed by atoms with E-state index in [0.717, 1.165) is 42.0 Å². The summed E-state index contributed by atoms with van der Waals surface area (Å²) >= 11 is 6.85. The minimum atomic E-state index is -1.01. The number of anilines is 1. The Labute approximate surface area is 274 Å². The van der Waals surface area contributed by atoms with Crippen molar-refractivity contribution in [1.29, 1.82) is 0 Å². The second-order valence-electron chi connectivity index (χ2n) is 12.8. The summed E-state index contributed by atoms with van der Waals surface area (Å²) in [6, 6.07) is 11.6. The van der Waals surface area contributed by atoms with Crippen LogP contribution in [0.3, 0.4) is 0 Å². The van der Waals surface area contributed by atoms with Gasteiger partial charge in [0.1, 0.15) is 5.75 Å². The molecule has 0 aromatic heterocycles. The number of ether oxygens (including phenoxy) is 4. The zero-order valence-corrected chi connectivity index (χ0v) is 28.4. The number of thioether (sulfide) groups is 1. The van der Waals surface area contributed by atoms with Gasteiger partial charge in [0.15, 0.2) is 11.5 Å². The molecule has 2 aromatic rings. The Hall–Kier alpha value is -3.44. The van der Waals surface area contributed by atoms with Crippen molar-refractivity contribution in [3.63, 3.8) is 0 Å². The molecule has 1 aliphatic carbocycles. The maximum absolute atomic E-state index is 15.3. The number of methoxy groups -OCH3 is 3. The van der Waals surface area contributed by atoms with E-state index in [1.165, 1.54) is 11.8 Å². The number of piperazine rings is 1. The van der Waals surface area contributed by atoms with E-state index < -0.39 is 16.4 Å². The summed E-state index contributed by atoms with van der Waals surface area (Å²) in [6.07, 6.45) is 6.18. The smallest absolute Gasteiger partial charge is 0.267 e. The number of fused-ring (bicyclic) bond motifs is 3. The fourth-order valence-corrected chi connectivity index (χ4v) is 8.61. The molecule has 6 rings (SSSR count). The average Bonchev–Trinajstić information content (AvgIpc) is 3.38. The lowest BCUT2D eigenvalue weighted by molar-refractivity contribution is -0.127. The maximum Gasteiger partial charge on any atom is 0.267 e. The van der Waals surface area contributed by atoms with Gasteiger partial charge < -0.3 is 34.1 Å². The molecule has 3 aliphatic heterocycles. The van der Waals surface area contributed by atoms with Crippen LogP contribution >= 0.6 is 24.0 Å². The Balaban J connectivity index is 1.53. The molecule has 2 amide bonds. The van der Waals surface area contributed by atoms with Crippen molar-refractivity contribution in [3.05, 3.63) is 59.3 Å². The molecule has 2 spiro atoms. The Bertz CT molecular complexity index is 1560. The molecular weight excluding hydrogens is 611 g/mol. The van der Waals surface area contributed by atoms with E-state index in [1.807, 2.05) is 53.6 Å². The number of carbonyl (C=O) groups is 2. The first-order chi connectivity index (χ1) is 21.6. The van der Waals surface area contributed by atoms with Crippen molar-refractivity contribution in [2.24, 2.45) is 11.3 Å². The molecule has 0 bridgehead atoms. The van der Waals surface area contributed by atoms with Gasteiger partial charge in [-0.25, -0.2) is 0 Å². The van der Waals surface area contributed by atoms with Gasteiger partial charge in [0.2, 0.25) is 10.3 Å². The van der Waals surface area contributed by atoms with Crippen molar-refractivity contribution in [2.75, 3.05) is 52.2 Å². The molecule has 0 radical (unpaired) electrons. The van der Waals surface area contributed by atoms with E-state index in [4.69, 9.17) is 31.2 Å². The minimum Gasteiger partial charge on any atom is -0.497 e. The highest BCUT2D eigenvalue weighted by Crippen LogP contribution is 2.68. The summed E-state index contributed by atoms with van der Waals surface area (Å²) < 4.78 is 23.7. The standard InChI is InChI=1S/C34H41N3O6S2/c1-32(2)26(18-43-31(44)45-6)33(20-36-16-8-7-9-24(36)29(38)35-33)19-34(32)23-14-15-25(41-4)28(42-5)27(23)37(30(34)39)17-21-10-12-22(40-3)13-11-21/h9-15,26H,7-8,16-20H2,1-6H3,(H,35,38)/t26-,33+,34+/m0/s1. The molecule has 2 fully saturated rings. The van der Waals surface area contributed by atoms with Gasteiger partial charge in [-0.1, -0.05) is 49.9 Å². The van der Waals surface area contributed by atoms with Gasteiger partial charge in [-0.05, 0) is 72.5 Å². The predicted molar refractivity (Wildman–Crippen MR) is 179 cm³/mol. The van der Waals surface area contributed by atoms with Gasteiger partial charge in [0.05, 0.1) is 56.8 Å². The van der Waals surface area contributed by atoms with E-state index in [0.29, 0.717) is 41.1 Å². The fourth-order valence-electron chi connectivity index (χ4n) is 8.36. The third-order valence-corrected chi connectivity index (χ3v) is 11.6. The van der Waals surface area contributed by atoms with E-state index >= 15 is 4.79 Å². The molecule has 1 N–H and O–H groups in total. The number of nitrogens with one attached hydrogen (secondary N) is 1. The number of hydrogen-bond donors (Lipinski definition) is 1. The van der Waals surface area contributed by atoms with Crippen LogP contribution in [0.1, 0.15) is 44.2 Å². The van der Waals surface area contributed by atoms with Crippen molar-refractivity contribution in [2.45, 2.75) is 50.6 Å². The zero-order valence-electron chi connectivity index (χ0n) is 26.7. The first-order valence-electron chi connectivity index (χ1n) is 15.3. The molecule has 3 heterocycles. The number of thiocarbonyl (C=S) groups is 1. The fraction of sp³-hybridized carbons (Fsp3) is 0.500. The van der Waals surface area contributed by atoms with Crippen molar-refractivity contribution >= 4 is 45.9 Å². The molecule has 11 heteroatoms. The number of nitrogens with zero attached hydrogens (tertiary/aromatic N) is 2. The number of rotatable bonds is 7. The number of allylic oxidation sites excluding steroid dienone is 1. The molecule has 3 atom stereocenters. The number of benzene rings is 2. The molecule has 1 saturated heterocycles. The Kier molecular flexibility index (Phi) is 8.22. The summed E-state index contributed by atoms with van der Waals surface area (Å²) in [6.45, 7) is 6.26. The summed E-state index contributed by atoms with van der Waals surface area (Å²) in [4.78, 5) is 33.1. The predicted octanol–water partition coefficient (Wildman–Crippen LogP) is 5.06. The van der Waals surface area contributed by atoms with Crippen LogP contribution in [0.5, 0.6) is 17.2 Å². The highest BCUT2D eigenvalue weighted by atomic mass is 32.2. The lowest BCUT2D eigenvalue weighted by atomic mass is 9.61.